The number of halogens is 3. The topological polar surface area (TPSA) is 25.8 Å². The summed E-state index contributed by atoms with van der Waals surface area (Å²) in [6, 6.07) is 8.21. The minimum atomic E-state index is 0.410. The van der Waals surface area contributed by atoms with Crippen LogP contribution in [0.1, 0.15) is 17.0 Å². The van der Waals surface area contributed by atoms with Crippen molar-refractivity contribution in [2.45, 2.75) is 13.3 Å². The van der Waals surface area contributed by atoms with Gasteiger partial charge in [0.15, 0.2) is 0 Å². The van der Waals surface area contributed by atoms with E-state index in [9.17, 15) is 0 Å². The van der Waals surface area contributed by atoms with Crippen LogP contribution >= 0.6 is 45.8 Å². The average molecular weight is 379 g/mol. The Balaban J connectivity index is 2.31. The van der Waals surface area contributed by atoms with E-state index in [1.165, 1.54) is 5.56 Å². The van der Waals surface area contributed by atoms with Crippen molar-refractivity contribution in [3.8, 4) is 0 Å². The molecule has 88 valence electrons. The highest BCUT2D eigenvalue weighted by Gasteiger charge is 2.09. The Kier molecular flexibility index (Phi) is 4.22. The van der Waals surface area contributed by atoms with Gasteiger partial charge in [0.2, 0.25) is 0 Å². The third kappa shape index (κ3) is 3.30. The van der Waals surface area contributed by atoms with E-state index in [4.69, 9.17) is 23.2 Å². The maximum atomic E-state index is 5.97. The molecule has 17 heavy (non-hydrogen) atoms. The molecule has 0 bridgehead atoms. The van der Waals surface area contributed by atoms with Crippen molar-refractivity contribution in [2.24, 2.45) is 0 Å². The van der Waals surface area contributed by atoms with Crippen LogP contribution in [-0.4, -0.2) is 9.97 Å². The van der Waals surface area contributed by atoms with E-state index in [-0.39, 0.29) is 0 Å². The number of aromatic nitrogens is 2. The van der Waals surface area contributed by atoms with Gasteiger partial charge < -0.3 is 0 Å². The molecule has 1 aromatic heterocycles. The maximum absolute atomic E-state index is 5.97. The van der Waals surface area contributed by atoms with Crippen LogP contribution in [0, 0.1) is 10.5 Å². The van der Waals surface area contributed by atoms with Gasteiger partial charge in [-0.3, -0.25) is 0 Å². The third-order valence-electron chi connectivity index (χ3n) is 2.26. The molecule has 1 heterocycles. The zero-order valence-electron chi connectivity index (χ0n) is 9.04. The molecule has 0 spiro atoms. The van der Waals surface area contributed by atoms with Gasteiger partial charge in [0.05, 0.1) is 3.57 Å². The highest BCUT2D eigenvalue weighted by atomic mass is 127. The van der Waals surface area contributed by atoms with Crippen molar-refractivity contribution in [3.05, 3.63) is 55.1 Å². The molecule has 2 nitrogen and oxygen atoms in total. The van der Waals surface area contributed by atoms with E-state index in [0.717, 1.165) is 5.56 Å². The van der Waals surface area contributed by atoms with E-state index in [1.807, 2.05) is 34.7 Å². The molecule has 0 aliphatic carbocycles. The van der Waals surface area contributed by atoms with E-state index in [0.29, 0.717) is 26.1 Å². The van der Waals surface area contributed by atoms with Crippen molar-refractivity contribution in [3.63, 3.8) is 0 Å². The molecule has 1 aromatic carbocycles. The first kappa shape index (κ1) is 13.1. The predicted molar refractivity (Wildman–Crippen MR) is 78.8 cm³/mol. The lowest BCUT2D eigenvalue weighted by atomic mass is 10.1. The monoisotopic (exact) mass is 378 g/mol. The summed E-state index contributed by atoms with van der Waals surface area (Å²) in [5.74, 6) is 0.644. The molecule has 0 amide bonds. The Bertz CT molecular complexity index is 535. The Labute approximate surface area is 124 Å². The zero-order chi connectivity index (χ0) is 12.4. The smallest absolute Gasteiger partial charge is 0.147 e. The first-order valence-corrected chi connectivity index (χ1v) is 6.82. The van der Waals surface area contributed by atoms with Crippen LogP contribution in [0.5, 0.6) is 0 Å². The quantitative estimate of drug-likeness (QED) is 0.575. The summed E-state index contributed by atoms with van der Waals surface area (Å²) in [5, 5.41) is 0.821. The van der Waals surface area contributed by atoms with E-state index in [2.05, 4.69) is 29.0 Å². The number of hydrogen-bond acceptors (Lipinski definition) is 2. The predicted octanol–water partition coefficient (Wildman–Crippen LogP) is 4.29. The van der Waals surface area contributed by atoms with Crippen LogP contribution < -0.4 is 0 Å². The summed E-state index contributed by atoms with van der Waals surface area (Å²) in [4.78, 5) is 8.44. The highest BCUT2D eigenvalue weighted by molar-refractivity contribution is 14.1. The van der Waals surface area contributed by atoms with E-state index >= 15 is 0 Å². The minimum absolute atomic E-state index is 0.410. The Morgan fingerprint density at radius 2 is 1.82 bits per heavy atom. The van der Waals surface area contributed by atoms with Gasteiger partial charge >= 0.3 is 0 Å². The first-order valence-electron chi connectivity index (χ1n) is 4.99. The number of rotatable bonds is 2. The van der Waals surface area contributed by atoms with Gasteiger partial charge in [0.1, 0.15) is 16.1 Å². The van der Waals surface area contributed by atoms with Gasteiger partial charge in [-0.05, 0) is 35.1 Å². The molecule has 0 aliphatic heterocycles. The van der Waals surface area contributed by atoms with Crippen molar-refractivity contribution in [1.82, 2.24) is 9.97 Å². The summed E-state index contributed by atoms with van der Waals surface area (Å²) < 4.78 is 0.693. The Hall–Kier alpha value is -0.390. The van der Waals surface area contributed by atoms with Crippen LogP contribution in [0.25, 0.3) is 0 Å². The fourth-order valence-electron chi connectivity index (χ4n) is 1.52. The minimum Gasteiger partial charge on any atom is -0.220 e. The fraction of sp³-hybridized carbons (Fsp3) is 0.167. The van der Waals surface area contributed by atoms with Gasteiger partial charge in [-0.25, -0.2) is 9.97 Å². The molecular formula is C12H9Cl2IN2. The first-order chi connectivity index (χ1) is 8.06. The molecule has 0 atom stereocenters. The molecule has 0 unspecified atom stereocenters. The summed E-state index contributed by atoms with van der Waals surface area (Å²) in [7, 11) is 0. The highest BCUT2D eigenvalue weighted by Crippen LogP contribution is 2.23. The second-order valence-corrected chi connectivity index (χ2v) is 5.50. The molecule has 0 saturated carbocycles. The van der Waals surface area contributed by atoms with Crippen molar-refractivity contribution in [1.29, 1.82) is 0 Å². The average Bonchev–Trinajstić information content (AvgIpc) is 2.26. The Morgan fingerprint density at radius 1 is 1.18 bits per heavy atom. The number of hydrogen-bond donors (Lipinski definition) is 0. The van der Waals surface area contributed by atoms with Gasteiger partial charge in [-0.15, -0.1) is 0 Å². The van der Waals surface area contributed by atoms with Crippen molar-refractivity contribution >= 4 is 45.8 Å². The molecule has 0 N–H and O–H groups in total. The Morgan fingerprint density at radius 3 is 2.41 bits per heavy atom. The van der Waals surface area contributed by atoms with Crippen LogP contribution in [0.15, 0.2) is 24.3 Å². The fourth-order valence-corrected chi connectivity index (χ4v) is 2.18. The molecule has 0 aliphatic rings. The molecule has 2 rings (SSSR count). The number of benzene rings is 1. The molecule has 2 aromatic rings. The van der Waals surface area contributed by atoms with Gasteiger partial charge in [0.25, 0.3) is 0 Å². The normalized spacial score (nSPS) is 10.6. The maximum Gasteiger partial charge on any atom is 0.147 e. The lowest BCUT2D eigenvalue weighted by Crippen LogP contribution is -1.99. The van der Waals surface area contributed by atoms with Crippen LogP contribution in [0.2, 0.25) is 10.3 Å². The van der Waals surface area contributed by atoms with Crippen molar-refractivity contribution in [2.75, 3.05) is 0 Å². The molecule has 5 heteroatoms. The lowest BCUT2D eigenvalue weighted by Gasteiger charge is -2.04. The zero-order valence-corrected chi connectivity index (χ0v) is 12.7. The number of nitrogens with zero attached hydrogens (tertiary/aromatic N) is 2. The second kappa shape index (κ2) is 5.50. The summed E-state index contributed by atoms with van der Waals surface area (Å²) in [5.41, 5.74) is 2.36. The SMILES string of the molecule is Cc1cccc(Cc2nc(Cl)c(I)c(Cl)n2)c1. The lowest BCUT2D eigenvalue weighted by molar-refractivity contribution is 0.960. The molecule has 0 fully saturated rings. The summed E-state index contributed by atoms with van der Waals surface area (Å²) >= 11 is 14.0. The van der Waals surface area contributed by atoms with E-state index in [1.54, 1.807) is 0 Å². The third-order valence-corrected chi connectivity index (χ3v) is 4.47. The van der Waals surface area contributed by atoms with Gasteiger partial charge in [0, 0.05) is 6.42 Å². The van der Waals surface area contributed by atoms with Crippen LogP contribution in [-0.2, 0) is 6.42 Å². The molecule has 0 saturated heterocycles. The standard InChI is InChI=1S/C12H9Cl2IN2/c1-7-3-2-4-8(5-7)6-9-16-11(13)10(15)12(14)17-9/h2-5H,6H2,1H3. The van der Waals surface area contributed by atoms with Crippen molar-refractivity contribution < 1.29 is 0 Å². The summed E-state index contributed by atoms with van der Waals surface area (Å²) in [6.07, 6.45) is 0.637. The number of aryl methyl sites for hydroxylation is 1. The summed E-state index contributed by atoms with van der Waals surface area (Å²) in [6.45, 7) is 2.05. The largest absolute Gasteiger partial charge is 0.220 e. The molecule has 0 radical (unpaired) electrons. The van der Waals surface area contributed by atoms with Gasteiger partial charge in [-0.1, -0.05) is 53.0 Å². The second-order valence-electron chi connectivity index (χ2n) is 3.70. The molecular weight excluding hydrogens is 370 g/mol. The van der Waals surface area contributed by atoms with Crippen LogP contribution in [0.3, 0.4) is 0 Å². The van der Waals surface area contributed by atoms with Crippen LogP contribution in [0.4, 0.5) is 0 Å². The van der Waals surface area contributed by atoms with Gasteiger partial charge in [-0.2, -0.15) is 0 Å². The van der Waals surface area contributed by atoms with E-state index < -0.39 is 0 Å².